The lowest BCUT2D eigenvalue weighted by atomic mass is 10.1. The smallest absolute Gasteiger partial charge is 0.296 e. The van der Waals surface area contributed by atoms with Gasteiger partial charge in [0.05, 0.1) is 17.4 Å². The van der Waals surface area contributed by atoms with Crippen LogP contribution < -0.4 is 10.2 Å². The van der Waals surface area contributed by atoms with E-state index in [0.29, 0.717) is 16.9 Å². The van der Waals surface area contributed by atoms with Crippen molar-refractivity contribution in [2.75, 3.05) is 23.3 Å². The van der Waals surface area contributed by atoms with Crippen LogP contribution in [0.4, 0.5) is 11.5 Å². The first kappa shape index (κ1) is 17.7. The van der Waals surface area contributed by atoms with E-state index in [-0.39, 0.29) is 0 Å². The number of hydrogen-bond donors (Lipinski definition) is 2. The molecule has 3 rings (SSSR count). The van der Waals surface area contributed by atoms with E-state index in [1.165, 1.54) is 0 Å². The molecule has 0 saturated heterocycles. The van der Waals surface area contributed by atoms with Gasteiger partial charge in [0.25, 0.3) is 11.7 Å². The van der Waals surface area contributed by atoms with E-state index in [9.17, 15) is 9.59 Å². The Morgan fingerprint density at radius 1 is 1.12 bits per heavy atom. The monoisotopic (exact) mass is 350 g/mol. The van der Waals surface area contributed by atoms with Gasteiger partial charge in [-0.15, -0.1) is 0 Å². The summed E-state index contributed by atoms with van der Waals surface area (Å²) in [6.45, 7) is 7.62. The van der Waals surface area contributed by atoms with E-state index in [2.05, 4.69) is 34.0 Å². The number of para-hydroxylation sites is 1. The number of hydrogen-bond acceptors (Lipinski definition) is 4. The Morgan fingerprint density at radius 3 is 2.50 bits per heavy atom. The average Bonchev–Trinajstić information content (AvgIpc) is 2.99. The van der Waals surface area contributed by atoms with Crippen LogP contribution in [-0.4, -0.2) is 34.7 Å². The summed E-state index contributed by atoms with van der Waals surface area (Å²) in [6, 6.07) is 11.0. The third-order valence-electron chi connectivity index (χ3n) is 4.42. The molecular formula is C20H22N4O2. The number of carbonyl (C=O) groups is 2. The molecule has 0 radical (unpaired) electrons. The van der Waals surface area contributed by atoms with E-state index in [4.69, 9.17) is 0 Å². The Hall–Kier alpha value is -3.15. The molecule has 2 aromatic heterocycles. The second kappa shape index (κ2) is 7.39. The molecule has 0 aliphatic carbocycles. The number of H-pyrrole nitrogens is 1. The predicted molar refractivity (Wildman–Crippen MR) is 104 cm³/mol. The summed E-state index contributed by atoms with van der Waals surface area (Å²) in [7, 11) is 0. The number of Topliss-reactive ketones (excluding diaryl/α,β-unsaturated/α-hetero) is 1. The minimum absolute atomic E-state index is 0.408. The molecule has 0 aliphatic heterocycles. The number of nitrogens with zero attached hydrogens (tertiary/aromatic N) is 2. The van der Waals surface area contributed by atoms with Gasteiger partial charge >= 0.3 is 0 Å². The summed E-state index contributed by atoms with van der Waals surface area (Å²) >= 11 is 0. The largest absolute Gasteiger partial charge is 0.358 e. The first-order chi connectivity index (χ1) is 12.5. The lowest BCUT2D eigenvalue weighted by Crippen LogP contribution is -2.24. The second-order valence-electron chi connectivity index (χ2n) is 6.03. The first-order valence-corrected chi connectivity index (χ1v) is 8.69. The number of ketones is 1. The third-order valence-corrected chi connectivity index (χ3v) is 4.42. The number of rotatable bonds is 6. The van der Waals surface area contributed by atoms with E-state index >= 15 is 0 Å². The second-order valence-corrected chi connectivity index (χ2v) is 6.03. The Kier molecular flexibility index (Phi) is 5.02. The van der Waals surface area contributed by atoms with Gasteiger partial charge in [0.1, 0.15) is 5.82 Å². The summed E-state index contributed by atoms with van der Waals surface area (Å²) in [5.74, 6) is -0.394. The zero-order valence-electron chi connectivity index (χ0n) is 15.2. The highest BCUT2D eigenvalue weighted by atomic mass is 16.2. The number of aryl methyl sites for hydroxylation is 1. The van der Waals surface area contributed by atoms with E-state index in [1.807, 2.05) is 30.3 Å². The molecular weight excluding hydrogens is 328 g/mol. The highest BCUT2D eigenvalue weighted by Gasteiger charge is 2.22. The Morgan fingerprint density at radius 2 is 1.85 bits per heavy atom. The van der Waals surface area contributed by atoms with Crippen molar-refractivity contribution in [3.8, 4) is 0 Å². The molecule has 26 heavy (non-hydrogen) atoms. The molecule has 2 heterocycles. The summed E-state index contributed by atoms with van der Waals surface area (Å²) in [5, 5.41) is 3.39. The number of carbonyl (C=O) groups excluding carboxylic acids is 2. The van der Waals surface area contributed by atoms with Crippen LogP contribution in [0.5, 0.6) is 0 Å². The maximum atomic E-state index is 12.7. The van der Waals surface area contributed by atoms with Crippen LogP contribution >= 0.6 is 0 Å². The van der Waals surface area contributed by atoms with E-state index in [0.717, 1.165) is 29.8 Å². The number of aromatic amines is 1. The standard InChI is InChI=1S/C20H22N4O2/c1-4-24(5-2)17-11-10-14(12-21-17)23-20(26)19(25)18-13(3)22-16-9-7-6-8-15(16)18/h6-12,22H,4-5H2,1-3H3,(H,23,26). The van der Waals surface area contributed by atoms with Gasteiger partial charge in [-0.1, -0.05) is 18.2 Å². The van der Waals surface area contributed by atoms with Crippen LogP contribution in [0.15, 0.2) is 42.6 Å². The molecule has 0 spiro atoms. The molecule has 3 aromatic rings. The molecule has 0 atom stereocenters. The zero-order valence-corrected chi connectivity index (χ0v) is 15.2. The quantitative estimate of drug-likeness (QED) is 0.526. The van der Waals surface area contributed by atoms with Crippen LogP contribution in [0.2, 0.25) is 0 Å². The van der Waals surface area contributed by atoms with Gasteiger partial charge in [0, 0.05) is 29.7 Å². The van der Waals surface area contributed by atoms with Crippen LogP contribution in [-0.2, 0) is 4.79 Å². The average molecular weight is 350 g/mol. The number of nitrogens with one attached hydrogen (secondary N) is 2. The number of anilines is 2. The molecule has 1 aromatic carbocycles. The van der Waals surface area contributed by atoms with Crippen molar-refractivity contribution in [3.63, 3.8) is 0 Å². The molecule has 0 saturated carbocycles. The summed E-state index contributed by atoms with van der Waals surface area (Å²) in [6.07, 6.45) is 1.57. The Labute approximate surface area is 152 Å². The fraction of sp³-hybridized carbons (Fsp3) is 0.250. The number of pyridine rings is 1. The predicted octanol–water partition coefficient (Wildman–Crippen LogP) is 3.54. The molecule has 2 N–H and O–H groups in total. The van der Waals surface area contributed by atoms with Crippen molar-refractivity contribution < 1.29 is 9.59 Å². The molecule has 0 unspecified atom stereocenters. The minimum atomic E-state index is -0.671. The normalized spacial score (nSPS) is 10.7. The highest BCUT2D eigenvalue weighted by molar-refractivity contribution is 6.48. The lowest BCUT2D eigenvalue weighted by molar-refractivity contribution is -0.112. The maximum absolute atomic E-state index is 12.7. The maximum Gasteiger partial charge on any atom is 0.296 e. The third kappa shape index (κ3) is 3.31. The van der Waals surface area contributed by atoms with E-state index < -0.39 is 11.7 Å². The van der Waals surface area contributed by atoms with Gasteiger partial charge in [-0.25, -0.2) is 4.98 Å². The fourth-order valence-corrected chi connectivity index (χ4v) is 3.07. The van der Waals surface area contributed by atoms with Crippen molar-refractivity contribution in [3.05, 3.63) is 53.9 Å². The van der Waals surface area contributed by atoms with Gasteiger partial charge in [-0.3, -0.25) is 9.59 Å². The summed E-state index contributed by atoms with van der Waals surface area (Å²) in [4.78, 5) is 34.7. The number of benzene rings is 1. The fourth-order valence-electron chi connectivity index (χ4n) is 3.07. The van der Waals surface area contributed by atoms with Crippen molar-refractivity contribution in [2.24, 2.45) is 0 Å². The van der Waals surface area contributed by atoms with Crippen molar-refractivity contribution in [1.82, 2.24) is 9.97 Å². The summed E-state index contributed by atoms with van der Waals surface area (Å²) in [5.41, 5.74) is 2.43. The molecule has 0 bridgehead atoms. The molecule has 6 heteroatoms. The molecule has 0 aliphatic rings. The number of fused-ring (bicyclic) bond motifs is 1. The van der Waals surface area contributed by atoms with Crippen LogP contribution in [0.1, 0.15) is 29.9 Å². The molecule has 1 amide bonds. The first-order valence-electron chi connectivity index (χ1n) is 8.69. The van der Waals surface area contributed by atoms with Crippen LogP contribution in [0.3, 0.4) is 0 Å². The van der Waals surface area contributed by atoms with Crippen molar-refractivity contribution in [1.29, 1.82) is 0 Å². The zero-order chi connectivity index (χ0) is 18.7. The van der Waals surface area contributed by atoms with Crippen molar-refractivity contribution >= 4 is 34.1 Å². The highest BCUT2D eigenvalue weighted by Crippen LogP contribution is 2.23. The van der Waals surface area contributed by atoms with E-state index in [1.54, 1.807) is 19.2 Å². The molecule has 0 fully saturated rings. The van der Waals surface area contributed by atoms with Crippen molar-refractivity contribution in [2.45, 2.75) is 20.8 Å². The topological polar surface area (TPSA) is 78.1 Å². The minimum Gasteiger partial charge on any atom is -0.358 e. The molecule has 6 nitrogen and oxygen atoms in total. The Bertz CT molecular complexity index is 940. The number of amides is 1. The van der Waals surface area contributed by atoms with Gasteiger partial charge in [0.2, 0.25) is 0 Å². The van der Waals surface area contributed by atoms with Gasteiger partial charge < -0.3 is 15.2 Å². The van der Waals surface area contributed by atoms with Crippen LogP contribution in [0.25, 0.3) is 10.9 Å². The SMILES string of the molecule is CCN(CC)c1ccc(NC(=O)C(=O)c2c(C)[nH]c3ccccc23)cn1. The Balaban J connectivity index is 1.79. The summed E-state index contributed by atoms with van der Waals surface area (Å²) < 4.78 is 0. The van der Waals surface area contributed by atoms with Gasteiger partial charge in [-0.05, 0) is 39.0 Å². The number of aromatic nitrogens is 2. The van der Waals surface area contributed by atoms with Crippen LogP contribution in [0, 0.1) is 6.92 Å². The lowest BCUT2D eigenvalue weighted by Gasteiger charge is -2.19. The van der Waals surface area contributed by atoms with Gasteiger partial charge in [0.15, 0.2) is 0 Å². The van der Waals surface area contributed by atoms with Gasteiger partial charge in [-0.2, -0.15) is 0 Å². The molecule has 134 valence electrons.